The molecule has 2 heterocycles. The van der Waals surface area contributed by atoms with E-state index in [4.69, 9.17) is 5.11 Å². The topological polar surface area (TPSA) is 23.5 Å². The van der Waals surface area contributed by atoms with Crippen molar-refractivity contribution in [2.24, 2.45) is 0 Å². The lowest BCUT2D eigenvalue weighted by Gasteiger charge is -2.26. The van der Waals surface area contributed by atoms with Crippen molar-refractivity contribution in [1.29, 1.82) is 0 Å². The van der Waals surface area contributed by atoms with Crippen molar-refractivity contribution in [3.63, 3.8) is 0 Å². The molecule has 1 saturated heterocycles. The maximum Gasteiger partial charge on any atom is 0.0771 e. The van der Waals surface area contributed by atoms with Crippen molar-refractivity contribution in [2.45, 2.75) is 58.2 Å². The van der Waals surface area contributed by atoms with Gasteiger partial charge in [0.1, 0.15) is 0 Å². The van der Waals surface area contributed by atoms with Crippen LogP contribution < -0.4 is 0 Å². The highest BCUT2D eigenvalue weighted by Gasteiger charge is 2.29. The molecule has 0 amide bonds. The zero-order valence-electron chi connectivity index (χ0n) is 11.9. The predicted molar refractivity (Wildman–Crippen MR) is 81.2 cm³/mol. The Morgan fingerprint density at radius 3 is 3.00 bits per heavy atom. The van der Waals surface area contributed by atoms with Gasteiger partial charge in [0.15, 0.2) is 0 Å². The summed E-state index contributed by atoms with van der Waals surface area (Å²) < 4.78 is 0. The van der Waals surface area contributed by atoms with Crippen LogP contribution in [-0.2, 0) is 6.54 Å². The third kappa shape index (κ3) is 3.82. The van der Waals surface area contributed by atoms with Crippen molar-refractivity contribution < 1.29 is 5.11 Å². The zero-order valence-corrected chi connectivity index (χ0v) is 12.7. The molecule has 1 aromatic rings. The van der Waals surface area contributed by atoms with E-state index in [0.717, 1.165) is 17.5 Å². The van der Waals surface area contributed by atoms with E-state index in [9.17, 15) is 0 Å². The third-order valence-corrected chi connectivity index (χ3v) is 4.86. The van der Waals surface area contributed by atoms with E-state index in [-0.39, 0.29) is 6.61 Å². The van der Waals surface area contributed by atoms with Gasteiger partial charge in [-0.15, -0.1) is 11.3 Å². The third-order valence-electron chi connectivity index (χ3n) is 3.87. The summed E-state index contributed by atoms with van der Waals surface area (Å²) in [7, 11) is 0. The number of hydrogen-bond donors (Lipinski definition) is 1. The van der Waals surface area contributed by atoms with Gasteiger partial charge in [-0.2, -0.15) is 0 Å². The lowest BCUT2D eigenvalue weighted by molar-refractivity contribution is 0.191. The molecular formula is C16H23NOS. The molecule has 1 fully saturated rings. The van der Waals surface area contributed by atoms with Gasteiger partial charge in [-0.1, -0.05) is 18.8 Å². The molecule has 19 heavy (non-hydrogen) atoms. The fourth-order valence-corrected chi connectivity index (χ4v) is 3.66. The van der Waals surface area contributed by atoms with Crippen LogP contribution in [0.3, 0.4) is 0 Å². The first-order valence-electron chi connectivity index (χ1n) is 7.18. The number of rotatable bonds is 4. The van der Waals surface area contributed by atoms with Gasteiger partial charge in [0.25, 0.3) is 0 Å². The van der Waals surface area contributed by atoms with E-state index in [1.165, 1.54) is 24.1 Å². The summed E-state index contributed by atoms with van der Waals surface area (Å²) in [6.07, 6.45) is 4.48. The lowest BCUT2D eigenvalue weighted by atomic mass is 10.1. The van der Waals surface area contributed by atoms with Crippen molar-refractivity contribution >= 4 is 11.3 Å². The first kappa shape index (κ1) is 14.6. The van der Waals surface area contributed by atoms with Crippen LogP contribution in [-0.4, -0.2) is 28.7 Å². The van der Waals surface area contributed by atoms with Crippen LogP contribution in [0.25, 0.3) is 0 Å². The standard InChI is InChI=1S/C16H23NOS/c1-3-14-8-7-13(2)17(14)12-16-10-9-15(19-16)6-4-5-11-18/h9-10,13-14,18H,3,5,7-8,11-12H2,1-2H3. The molecule has 1 aromatic heterocycles. The van der Waals surface area contributed by atoms with Gasteiger partial charge in [0.2, 0.25) is 0 Å². The normalized spacial score (nSPS) is 23.3. The number of aliphatic hydroxyl groups excluding tert-OH is 1. The number of nitrogens with zero attached hydrogens (tertiary/aromatic N) is 1. The Balaban J connectivity index is 1.98. The molecule has 0 aromatic carbocycles. The van der Waals surface area contributed by atoms with Crippen LogP contribution in [0.2, 0.25) is 0 Å². The van der Waals surface area contributed by atoms with Crippen molar-refractivity contribution in [3.05, 3.63) is 21.9 Å². The van der Waals surface area contributed by atoms with E-state index in [0.29, 0.717) is 12.5 Å². The first-order valence-corrected chi connectivity index (χ1v) is 8.00. The Labute approximate surface area is 120 Å². The summed E-state index contributed by atoms with van der Waals surface area (Å²) in [5, 5.41) is 8.72. The highest BCUT2D eigenvalue weighted by Crippen LogP contribution is 2.29. The summed E-state index contributed by atoms with van der Waals surface area (Å²) in [4.78, 5) is 5.15. The Kier molecular flexibility index (Phi) is 5.45. The molecule has 0 bridgehead atoms. The Morgan fingerprint density at radius 1 is 1.42 bits per heavy atom. The quantitative estimate of drug-likeness (QED) is 0.854. The van der Waals surface area contributed by atoms with Gasteiger partial charge < -0.3 is 5.11 Å². The fraction of sp³-hybridized carbons (Fsp3) is 0.625. The maximum atomic E-state index is 8.72. The van der Waals surface area contributed by atoms with Crippen LogP contribution >= 0.6 is 11.3 Å². The lowest BCUT2D eigenvalue weighted by Crippen LogP contribution is -2.33. The van der Waals surface area contributed by atoms with Gasteiger partial charge in [-0.05, 0) is 38.3 Å². The Morgan fingerprint density at radius 2 is 2.26 bits per heavy atom. The minimum atomic E-state index is 0.148. The van der Waals surface area contributed by atoms with Gasteiger partial charge >= 0.3 is 0 Å². The Bertz CT molecular complexity index is 457. The second kappa shape index (κ2) is 7.09. The second-order valence-corrected chi connectivity index (χ2v) is 6.37. The maximum absolute atomic E-state index is 8.72. The van der Waals surface area contributed by atoms with Gasteiger partial charge in [0.05, 0.1) is 11.5 Å². The average molecular weight is 277 g/mol. The molecule has 2 rings (SSSR count). The molecular weight excluding hydrogens is 254 g/mol. The molecule has 1 N–H and O–H groups in total. The number of aliphatic hydroxyl groups is 1. The smallest absolute Gasteiger partial charge is 0.0771 e. The molecule has 1 aliphatic rings. The highest BCUT2D eigenvalue weighted by molar-refractivity contribution is 7.12. The van der Waals surface area contributed by atoms with Gasteiger partial charge in [-0.25, -0.2) is 0 Å². The van der Waals surface area contributed by atoms with Crippen LogP contribution in [0, 0.1) is 11.8 Å². The molecule has 2 unspecified atom stereocenters. The monoisotopic (exact) mass is 277 g/mol. The van der Waals surface area contributed by atoms with Crippen molar-refractivity contribution in [2.75, 3.05) is 6.61 Å². The van der Waals surface area contributed by atoms with Crippen LogP contribution in [0.1, 0.15) is 49.3 Å². The van der Waals surface area contributed by atoms with Crippen molar-refractivity contribution in [1.82, 2.24) is 4.90 Å². The SMILES string of the molecule is CCC1CCC(C)N1Cc1ccc(C#CCCO)s1. The van der Waals surface area contributed by atoms with E-state index >= 15 is 0 Å². The van der Waals surface area contributed by atoms with Crippen LogP contribution in [0.5, 0.6) is 0 Å². The number of hydrogen-bond acceptors (Lipinski definition) is 3. The zero-order chi connectivity index (χ0) is 13.7. The molecule has 3 heteroatoms. The van der Waals surface area contributed by atoms with E-state index in [1.54, 1.807) is 11.3 Å². The van der Waals surface area contributed by atoms with Gasteiger partial charge in [-0.3, -0.25) is 4.90 Å². The molecule has 0 radical (unpaired) electrons. The molecule has 0 spiro atoms. The largest absolute Gasteiger partial charge is 0.395 e. The first-order chi connectivity index (χ1) is 9.24. The molecule has 0 aliphatic carbocycles. The molecule has 2 nitrogen and oxygen atoms in total. The predicted octanol–water partition coefficient (Wildman–Crippen LogP) is 3.24. The fourth-order valence-electron chi connectivity index (χ4n) is 2.76. The summed E-state index contributed by atoms with van der Waals surface area (Å²) in [6.45, 7) is 5.84. The van der Waals surface area contributed by atoms with E-state index < -0.39 is 0 Å². The summed E-state index contributed by atoms with van der Waals surface area (Å²) in [5.74, 6) is 6.10. The Hall–Kier alpha value is -0.820. The molecule has 0 saturated carbocycles. The number of likely N-dealkylation sites (tertiary alicyclic amines) is 1. The van der Waals surface area contributed by atoms with E-state index in [1.807, 2.05) is 0 Å². The minimum absolute atomic E-state index is 0.148. The highest BCUT2D eigenvalue weighted by atomic mass is 32.1. The summed E-state index contributed by atoms with van der Waals surface area (Å²) in [6, 6.07) is 5.76. The minimum Gasteiger partial charge on any atom is -0.395 e. The van der Waals surface area contributed by atoms with Crippen LogP contribution in [0.4, 0.5) is 0 Å². The summed E-state index contributed by atoms with van der Waals surface area (Å²) >= 11 is 1.79. The van der Waals surface area contributed by atoms with Crippen molar-refractivity contribution in [3.8, 4) is 11.8 Å². The van der Waals surface area contributed by atoms with Crippen LogP contribution in [0.15, 0.2) is 12.1 Å². The molecule has 2 atom stereocenters. The molecule has 1 aliphatic heterocycles. The van der Waals surface area contributed by atoms with Gasteiger partial charge in [0, 0.05) is 29.9 Å². The molecule has 104 valence electrons. The average Bonchev–Trinajstić information content (AvgIpc) is 2.99. The second-order valence-electron chi connectivity index (χ2n) is 5.20. The summed E-state index contributed by atoms with van der Waals surface area (Å²) in [5.41, 5.74) is 0. The number of thiophene rings is 1. The van der Waals surface area contributed by atoms with E-state index in [2.05, 4.69) is 42.7 Å².